The van der Waals surface area contributed by atoms with Gasteiger partial charge in [-0.1, -0.05) is 11.8 Å². The van der Waals surface area contributed by atoms with Gasteiger partial charge in [-0.25, -0.2) is 0 Å². The normalized spacial score (nSPS) is 22.0. The monoisotopic (exact) mass is 254 g/mol. The fraction of sp³-hybridized carbons (Fsp3) is 0.636. The molecular formula is C11H18N4OS. The molecule has 1 N–H and O–H groups in total. The van der Waals surface area contributed by atoms with Crippen molar-refractivity contribution in [2.24, 2.45) is 12.0 Å². The molecule has 1 aliphatic rings. The van der Waals surface area contributed by atoms with Crippen LogP contribution in [0.2, 0.25) is 0 Å². The summed E-state index contributed by atoms with van der Waals surface area (Å²) < 4.78 is 6.93. The van der Waals surface area contributed by atoms with Gasteiger partial charge < -0.3 is 10.1 Å². The van der Waals surface area contributed by atoms with Crippen LogP contribution >= 0.6 is 11.8 Å². The number of aryl methyl sites for hydroxylation is 1. The predicted molar refractivity (Wildman–Crippen MR) is 70.2 cm³/mol. The first kappa shape index (κ1) is 12.4. The second-order valence-electron chi connectivity index (χ2n) is 4.00. The first-order chi connectivity index (χ1) is 8.29. The van der Waals surface area contributed by atoms with Crippen molar-refractivity contribution < 1.29 is 4.74 Å². The van der Waals surface area contributed by atoms with Crippen LogP contribution in [0.1, 0.15) is 12.1 Å². The Morgan fingerprint density at radius 3 is 3.29 bits per heavy atom. The summed E-state index contributed by atoms with van der Waals surface area (Å²) >= 11 is 1.78. The van der Waals surface area contributed by atoms with E-state index in [0.29, 0.717) is 12.6 Å². The van der Waals surface area contributed by atoms with Crippen LogP contribution in [0.3, 0.4) is 0 Å². The molecule has 0 amide bonds. The van der Waals surface area contributed by atoms with Gasteiger partial charge in [-0.15, -0.1) is 0 Å². The maximum Gasteiger partial charge on any atom is 0.157 e. The SMILES string of the molecule is COCCC1CSC(=NCc2ccnn2C)N1. The number of aromatic nitrogens is 2. The van der Waals surface area contributed by atoms with Crippen molar-refractivity contribution in [3.05, 3.63) is 18.0 Å². The Morgan fingerprint density at radius 2 is 2.59 bits per heavy atom. The molecule has 1 fully saturated rings. The minimum Gasteiger partial charge on any atom is -0.385 e. The number of aliphatic imine (C=N–C) groups is 1. The lowest BCUT2D eigenvalue weighted by Crippen LogP contribution is -2.28. The molecule has 5 nitrogen and oxygen atoms in total. The summed E-state index contributed by atoms with van der Waals surface area (Å²) in [6, 6.07) is 2.48. The van der Waals surface area contributed by atoms with Gasteiger partial charge in [0.15, 0.2) is 5.17 Å². The summed E-state index contributed by atoms with van der Waals surface area (Å²) in [6.07, 6.45) is 2.83. The summed E-state index contributed by atoms with van der Waals surface area (Å²) in [6.45, 7) is 1.48. The number of methoxy groups -OCH3 is 1. The summed E-state index contributed by atoms with van der Waals surface area (Å²) in [4.78, 5) is 4.55. The molecule has 0 aliphatic carbocycles. The molecule has 94 valence electrons. The van der Waals surface area contributed by atoms with Crippen LogP contribution in [0.25, 0.3) is 0 Å². The smallest absolute Gasteiger partial charge is 0.157 e. The molecule has 1 aromatic heterocycles. The van der Waals surface area contributed by atoms with Crippen LogP contribution in [-0.2, 0) is 18.3 Å². The second-order valence-corrected chi connectivity index (χ2v) is 5.01. The van der Waals surface area contributed by atoms with Gasteiger partial charge in [0.2, 0.25) is 0 Å². The summed E-state index contributed by atoms with van der Waals surface area (Å²) in [5, 5.41) is 8.57. The zero-order valence-electron chi connectivity index (χ0n) is 10.2. The van der Waals surface area contributed by atoms with E-state index in [-0.39, 0.29) is 0 Å². The number of ether oxygens (including phenoxy) is 1. The van der Waals surface area contributed by atoms with E-state index in [1.165, 1.54) is 0 Å². The Morgan fingerprint density at radius 1 is 1.71 bits per heavy atom. The highest BCUT2D eigenvalue weighted by molar-refractivity contribution is 8.14. The molecule has 1 aliphatic heterocycles. The van der Waals surface area contributed by atoms with Crippen LogP contribution in [0.15, 0.2) is 17.3 Å². The number of hydrogen-bond acceptors (Lipinski definition) is 4. The highest BCUT2D eigenvalue weighted by atomic mass is 32.2. The van der Waals surface area contributed by atoms with E-state index in [0.717, 1.165) is 29.6 Å². The fourth-order valence-corrected chi connectivity index (χ4v) is 2.67. The summed E-state index contributed by atoms with van der Waals surface area (Å²) in [5.74, 6) is 1.08. The minimum absolute atomic E-state index is 0.491. The van der Waals surface area contributed by atoms with Crippen molar-refractivity contribution in [1.82, 2.24) is 15.1 Å². The average Bonchev–Trinajstić information content (AvgIpc) is 2.93. The molecule has 1 saturated heterocycles. The van der Waals surface area contributed by atoms with Gasteiger partial charge in [-0.3, -0.25) is 9.67 Å². The Kier molecular flexibility index (Phi) is 4.44. The van der Waals surface area contributed by atoms with Crippen molar-refractivity contribution in [3.63, 3.8) is 0 Å². The fourth-order valence-electron chi connectivity index (χ4n) is 1.65. The Labute approximate surface area is 106 Å². The molecule has 2 heterocycles. The number of thioether (sulfide) groups is 1. The maximum atomic E-state index is 5.07. The Hall–Kier alpha value is -1.01. The van der Waals surface area contributed by atoms with Crippen molar-refractivity contribution in [2.75, 3.05) is 19.5 Å². The molecule has 1 aromatic rings. The van der Waals surface area contributed by atoms with Crippen molar-refractivity contribution >= 4 is 16.9 Å². The maximum absolute atomic E-state index is 5.07. The van der Waals surface area contributed by atoms with E-state index in [9.17, 15) is 0 Å². The van der Waals surface area contributed by atoms with E-state index in [1.807, 2.05) is 17.8 Å². The topological polar surface area (TPSA) is 51.4 Å². The molecule has 1 unspecified atom stereocenters. The van der Waals surface area contributed by atoms with Crippen molar-refractivity contribution in [3.8, 4) is 0 Å². The van der Waals surface area contributed by atoms with Gasteiger partial charge >= 0.3 is 0 Å². The van der Waals surface area contributed by atoms with Gasteiger partial charge in [0.25, 0.3) is 0 Å². The lowest BCUT2D eigenvalue weighted by atomic mass is 10.2. The van der Waals surface area contributed by atoms with E-state index < -0.39 is 0 Å². The molecule has 0 spiro atoms. The highest BCUT2D eigenvalue weighted by Gasteiger charge is 2.19. The van der Waals surface area contributed by atoms with Crippen LogP contribution in [0, 0.1) is 0 Å². The first-order valence-corrected chi connectivity index (χ1v) is 6.67. The molecule has 0 aromatic carbocycles. The quantitative estimate of drug-likeness (QED) is 0.852. The van der Waals surface area contributed by atoms with Gasteiger partial charge in [0.05, 0.1) is 12.2 Å². The lowest BCUT2D eigenvalue weighted by molar-refractivity contribution is 0.188. The van der Waals surface area contributed by atoms with E-state index >= 15 is 0 Å². The second kappa shape index (κ2) is 6.07. The molecule has 6 heteroatoms. The molecule has 0 radical (unpaired) electrons. The zero-order chi connectivity index (χ0) is 12.1. The molecule has 1 atom stereocenters. The van der Waals surface area contributed by atoms with Gasteiger partial charge in [0.1, 0.15) is 0 Å². The lowest BCUT2D eigenvalue weighted by Gasteiger charge is -2.08. The zero-order valence-corrected chi connectivity index (χ0v) is 11.0. The molecule has 17 heavy (non-hydrogen) atoms. The van der Waals surface area contributed by atoms with Crippen LogP contribution in [-0.4, -0.2) is 40.5 Å². The van der Waals surface area contributed by atoms with Gasteiger partial charge in [0, 0.05) is 38.8 Å². The summed E-state index contributed by atoms with van der Waals surface area (Å²) in [7, 11) is 3.67. The third-order valence-electron chi connectivity index (χ3n) is 2.73. The molecular weight excluding hydrogens is 236 g/mol. The number of nitrogens with zero attached hydrogens (tertiary/aromatic N) is 3. The molecule has 2 rings (SSSR count). The Balaban J connectivity index is 1.82. The highest BCUT2D eigenvalue weighted by Crippen LogP contribution is 2.16. The number of hydrogen-bond donors (Lipinski definition) is 1. The van der Waals surface area contributed by atoms with Crippen LogP contribution < -0.4 is 5.32 Å². The summed E-state index contributed by atoms with van der Waals surface area (Å²) in [5.41, 5.74) is 1.13. The third-order valence-corrected chi connectivity index (χ3v) is 3.82. The third kappa shape index (κ3) is 3.47. The molecule has 0 saturated carbocycles. The van der Waals surface area contributed by atoms with Gasteiger partial charge in [-0.2, -0.15) is 5.10 Å². The first-order valence-electron chi connectivity index (χ1n) is 5.69. The largest absolute Gasteiger partial charge is 0.385 e. The van der Waals surface area contributed by atoms with E-state index in [2.05, 4.69) is 15.4 Å². The predicted octanol–water partition coefficient (Wildman–Crippen LogP) is 1.02. The van der Waals surface area contributed by atoms with Crippen molar-refractivity contribution in [1.29, 1.82) is 0 Å². The van der Waals surface area contributed by atoms with Crippen LogP contribution in [0.5, 0.6) is 0 Å². The Bertz CT molecular complexity index is 391. The van der Waals surface area contributed by atoms with E-state index in [1.54, 1.807) is 25.1 Å². The van der Waals surface area contributed by atoms with Crippen LogP contribution in [0.4, 0.5) is 0 Å². The number of rotatable bonds is 5. The van der Waals surface area contributed by atoms with E-state index in [4.69, 9.17) is 4.74 Å². The number of amidine groups is 1. The minimum atomic E-state index is 0.491. The standard InChI is InChI=1S/C11H18N4OS/c1-15-10(3-5-13-15)7-12-11-14-9(8-17-11)4-6-16-2/h3,5,9H,4,6-8H2,1-2H3,(H,12,14). The van der Waals surface area contributed by atoms with Crippen molar-refractivity contribution in [2.45, 2.75) is 19.0 Å². The number of nitrogens with one attached hydrogen (secondary N) is 1. The van der Waals surface area contributed by atoms with Gasteiger partial charge in [-0.05, 0) is 12.5 Å². The average molecular weight is 254 g/mol. The molecule has 0 bridgehead atoms.